The van der Waals surface area contributed by atoms with E-state index in [9.17, 15) is 0 Å². The van der Waals surface area contributed by atoms with E-state index in [4.69, 9.17) is 16.9 Å². The molecule has 0 aliphatic rings. The number of nitriles is 1. The Kier molecular flexibility index (Phi) is 6.24. The average Bonchev–Trinajstić information content (AvgIpc) is 2.91. The standard InChI is InChI=1S/C15H14ClN3S2/c1-11-10-21-15(19-11)12(8-17)9-18-6-7-20-14-4-2-13(16)3-5-14/h2-5,9-10,12H,6-7H2,1H3/t12-/m0/s1. The van der Waals surface area contributed by atoms with Crippen LogP contribution < -0.4 is 0 Å². The molecule has 0 saturated heterocycles. The molecule has 3 nitrogen and oxygen atoms in total. The molecule has 0 fully saturated rings. The lowest BCUT2D eigenvalue weighted by Gasteiger charge is -2.00. The van der Waals surface area contributed by atoms with Crippen LogP contribution in [0.1, 0.15) is 16.6 Å². The maximum atomic E-state index is 9.16. The zero-order valence-corrected chi connectivity index (χ0v) is 13.9. The number of thiazole rings is 1. The Balaban J connectivity index is 1.79. The van der Waals surface area contributed by atoms with Crippen LogP contribution in [0.2, 0.25) is 5.02 Å². The number of halogens is 1. The number of aliphatic imine (C=N–C) groups is 1. The summed E-state index contributed by atoms with van der Waals surface area (Å²) in [5.74, 6) is 0.525. The molecule has 21 heavy (non-hydrogen) atoms. The summed E-state index contributed by atoms with van der Waals surface area (Å²) in [5, 5.41) is 12.7. The van der Waals surface area contributed by atoms with Gasteiger partial charge in [-0.05, 0) is 31.2 Å². The van der Waals surface area contributed by atoms with Crippen LogP contribution in [-0.4, -0.2) is 23.5 Å². The minimum atomic E-state index is -0.343. The molecule has 6 heteroatoms. The van der Waals surface area contributed by atoms with Gasteiger partial charge < -0.3 is 0 Å². The molecule has 0 aliphatic heterocycles. The predicted molar refractivity (Wildman–Crippen MR) is 90.7 cm³/mol. The number of hydrogen-bond donors (Lipinski definition) is 0. The van der Waals surface area contributed by atoms with Crippen LogP contribution in [-0.2, 0) is 0 Å². The average molecular weight is 336 g/mol. The molecule has 0 saturated carbocycles. The first-order chi connectivity index (χ1) is 10.2. The van der Waals surface area contributed by atoms with E-state index >= 15 is 0 Å². The van der Waals surface area contributed by atoms with Gasteiger partial charge in [0.1, 0.15) is 10.9 Å². The first-order valence-electron chi connectivity index (χ1n) is 6.39. The number of benzene rings is 1. The highest BCUT2D eigenvalue weighted by Crippen LogP contribution is 2.20. The van der Waals surface area contributed by atoms with Crippen molar-refractivity contribution in [1.82, 2.24) is 4.98 Å². The topological polar surface area (TPSA) is 49.0 Å². The quantitative estimate of drug-likeness (QED) is 0.441. The highest BCUT2D eigenvalue weighted by molar-refractivity contribution is 7.99. The lowest BCUT2D eigenvalue weighted by molar-refractivity contribution is 1.06. The molecule has 0 N–H and O–H groups in total. The van der Waals surface area contributed by atoms with Gasteiger partial charge in [-0.15, -0.1) is 23.1 Å². The van der Waals surface area contributed by atoms with Crippen molar-refractivity contribution >= 4 is 40.9 Å². The Morgan fingerprint density at radius 3 is 2.86 bits per heavy atom. The SMILES string of the molecule is Cc1csc([C@@H](C#N)C=NCCSc2ccc(Cl)cc2)n1. The van der Waals surface area contributed by atoms with Crippen LogP contribution in [0.5, 0.6) is 0 Å². The van der Waals surface area contributed by atoms with E-state index in [-0.39, 0.29) is 5.92 Å². The maximum absolute atomic E-state index is 9.16. The van der Waals surface area contributed by atoms with Crippen LogP contribution in [0.15, 0.2) is 39.5 Å². The number of aromatic nitrogens is 1. The molecule has 0 bridgehead atoms. The van der Waals surface area contributed by atoms with Crippen LogP contribution in [0.4, 0.5) is 0 Å². The third-order valence-electron chi connectivity index (χ3n) is 2.60. The van der Waals surface area contributed by atoms with E-state index in [1.54, 1.807) is 18.0 Å². The Morgan fingerprint density at radius 2 is 2.24 bits per heavy atom. The van der Waals surface area contributed by atoms with Gasteiger partial charge in [0.15, 0.2) is 0 Å². The van der Waals surface area contributed by atoms with Crippen LogP contribution in [0, 0.1) is 18.3 Å². The van der Waals surface area contributed by atoms with Gasteiger partial charge in [0, 0.05) is 39.5 Å². The zero-order valence-electron chi connectivity index (χ0n) is 11.5. The fraction of sp³-hybridized carbons (Fsp3) is 0.267. The first-order valence-corrected chi connectivity index (χ1v) is 8.63. The number of hydrogen-bond acceptors (Lipinski definition) is 5. The van der Waals surface area contributed by atoms with Crippen molar-refractivity contribution in [3.8, 4) is 6.07 Å². The molecule has 1 heterocycles. The third kappa shape index (κ3) is 5.16. The summed E-state index contributed by atoms with van der Waals surface area (Å²) in [6.45, 7) is 2.60. The molecule has 0 radical (unpaired) electrons. The molecule has 1 atom stereocenters. The summed E-state index contributed by atoms with van der Waals surface area (Å²) in [6.07, 6.45) is 1.70. The van der Waals surface area contributed by atoms with Gasteiger partial charge >= 0.3 is 0 Å². The lowest BCUT2D eigenvalue weighted by Crippen LogP contribution is -1.98. The summed E-state index contributed by atoms with van der Waals surface area (Å²) in [6, 6.07) is 9.97. The summed E-state index contributed by atoms with van der Waals surface area (Å²) in [5.41, 5.74) is 0.946. The van der Waals surface area contributed by atoms with Crippen molar-refractivity contribution in [3.63, 3.8) is 0 Å². The third-order valence-corrected chi connectivity index (χ3v) is 4.89. The number of rotatable bonds is 6. The molecule has 2 rings (SSSR count). The van der Waals surface area contributed by atoms with Crippen molar-refractivity contribution < 1.29 is 0 Å². The second-order valence-electron chi connectivity index (χ2n) is 4.29. The van der Waals surface area contributed by atoms with Crippen molar-refractivity contribution in [2.75, 3.05) is 12.3 Å². The molecule has 1 aromatic heterocycles. The normalized spacial score (nSPS) is 12.4. The van der Waals surface area contributed by atoms with Crippen LogP contribution in [0.3, 0.4) is 0 Å². The molecule has 108 valence electrons. The van der Waals surface area contributed by atoms with Gasteiger partial charge in [-0.1, -0.05) is 11.6 Å². The Labute approximate surface area is 137 Å². The van der Waals surface area contributed by atoms with E-state index in [1.807, 2.05) is 36.6 Å². The summed E-state index contributed by atoms with van der Waals surface area (Å²) in [4.78, 5) is 9.83. The molecular formula is C15H14ClN3S2. The smallest absolute Gasteiger partial charge is 0.133 e. The fourth-order valence-electron chi connectivity index (χ4n) is 1.59. The fourth-order valence-corrected chi connectivity index (χ4v) is 3.28. The van der Waals surface area contributed by atoms with Crippen molar-refractivity contribution in [2.45, 2.75) is 17.7 Å². The molecule has 1 aromatic carbocycles. The molecule has 0 unspecified atom stereocenters. The summed E-state index contributed by atoms with van der Waals surface area (Å²) >= 11 is 9.06. The largest absolute Gasteiger partial charge is 0.295 e. The second kappa shape index (κ2) is 8.18. The van der Waals surface area contributed by atoms with Gasteiger partial charge in [0.05, 0.1) is 6.07 Å². The maximum Gasteiger partial charge on any atom is 0.133 e. The lowest BCUT2D eigenvalue weighted by atomic mass is 10.2. The van der Waals surface area contributed by atoms with Gasteiger partial charge in [-0.3, -0.25) is 4.99 Å². The monoisotopic (exact) mass is 335 g/mol. The number of thioether (sulfide) groups is 1. The van der Waals surface area contributed by atoms with Gasteiger partial charge in [-0.2, -0.15) is 5.26 Å². The number of nitrogens with zero attached hydrogens (tertiary/aromatic N) is 3. The Bertz CT molecular complexity index is 644. The van der Waals surface area contributed by atoms with E-state index in [0.29, 0.717) is 6.54 Å². The highest BCUT2D eigenvalue weighted by atomic mass is 35.5. The Hall–Kier alpha value is -1.35. The van der Waals surface area contributed by atoms with E-state index in [2.05, 4.69) is 16.0 Å². The van der Waals surface area contributed by atoms with E-state index < -0.39 is 0 Å². The minimum Gasteiger partial charge on any atom is -0.295 e. The molecule has 2 aromatic rings. The van der Waals surface area contributed by atoms with Crippen molar-refractivity contribution in [1.29, 1.82) is 5.26 Å². The predicted octanol–water partition coefficient (Wildman–Crippen LogP) is 4.58. The van der Waals surface area contributed by atoms with Crippen molar-refractivity contribution in [2.24, 2.45) is 4.99 Å². The van der Waals surface area contributed by atoms with Gasteiger partial charge in [-0.25, -0.2) is 4.98 Å². The number of aryl methyl sites for hydroxylation is 1. The van der Waals surface area contributed by atoms with Crippen LogP contribution >= 0.6 is 34.7 Å². The first kappa shape index (κ1) is 16.0. The van der Waals surface area contributed by atoms with Crippen molar-refractivity contribution in [3.05, 3.63) is 45.4 Å². The van der Waals surface area contributed by atoms with Gasteiger partial charge in [0.2, 0.25) is 0 Å². The highest BCUT2D eigenvalue weighted by Gasteiger charge is 2.11. The van der Waals surface area contributed by atoms with E-state index in [0.717, 1.165) is 21.5 Å². The minimum absolute atomic E-state index is 0.343. The van der Waals surface area contributed by atoms with Crippen LogP contribution in [0.25, 0.3) is 0 Å². The van der Waals surface area contributed by atoms with E-state index in [1.165, 1.54) is 16.2 Å². The summed E-state index contributed by atoms with van der Waals surface area (Å²) in [7, 11) is 0. The molecule has 0 amide bonds. The molecular weight excluding hydrogens is 322 g/mol. The second-order valence-corrected chi connectivity index (χ2v) is 6.79. The Morgan fingerprint density at radius 1 is 1.48 bits per heavy atom. The molecule has 0 spiro atoms. The summed E-state index contributed by atoms with van der Waals surface area (Å²) < 4.78 is 0. The molecule has 0 aliphatic carbocycles. The zero-order chi connectivity index (χ0) is 15.1. The van der Waals surface area contributed by atoms with Gasteiger partial charge in [0.25, 0.3) is 0 Å².